The van der Waals surface area contributed by atoms with Gasteiger partial charge in [-0.1, -0.05) is 19.8 Å². The molecule has 3 rings (SSSR count). The first-order valence-corrected chi connectivity index (χ1v) is 8.13. The second-order valence-electron chi connectivity index (χ2n) is 6.28. The normalized spacial score (nSPS) is 31.0. The fourth-order valence-corrected chi connectivity index (χ4v) is 4.09. The number of carbonyl (C=O) groups is 1. The third-order valence-corrected chi connectivity index (χ3v) is 5.61. The summed E-state index contributed by atoms with van der Waals surface area (Å²) >= 11 is 3.25. The molecule has 2 saturated carbocycles. The smallest absolute Gasteiger partial charge is 0.244 e. The van der Waals surface area contributed by atoms with E-state index in [1.807, 2.05) is 0 Å². The topological polar surface area (TPSA) is 61.7 Å². The highest BCUT2D eigenvalue weighted by molar-refractivity contribution is 9.10. The van der Waals surface area contributed by atoms with Crippen molar-refractivity contribution in [2.45, 2.75) is 32.6 Å². The zero-order chi connectivity index (χ0) is 15.0. The van der Waals surface area contributed by atoms with Gasteiger partial charge in [-0.25, -0.2) is 5.43 Å². The maximum atomic E-state index is 12.2. The highest BCUT2D eigenvalue weighted by Gasteiger charge is 2.64. The second-order valence-corrected chi connectivity index (χ2v) is 7.14. The van der Waals surface area contributed by atoms with Crippen molar-refractivity contribution in [3.05, 3.63) is 28.2 Å². The number of aromatic hydroxyl groups is 1. The van der Waals surface area contributed by atoms with Crippen molar-refractivity contribution in [2.24, 2.45) is 22.4 Å². The van der Waals surface area contributed by atoms with Gasteiger partial charge in [0.2, 0.25) is 5.91 Å². The average Bonchev–Trinajstić information content (AvgIpc) is 3.08. The van der Waals surface area contributed by atoms with E-state index >= 15 is 0 Å². The summed E-state index contributed by atoms with van der Waals surface area (Å²) in [7, 11) is 0. The van der Waals surface area contributed by atoms with Crippen molar-refractivity contribution in [3.8, 4) is 5.75 Å². The Hall–Kier alpha value is -1.36. The molecule has 0 aliphatic heterocycles. The number of halogens is 1. The molecule has 5 heteroatoms. The lowest BCUT2D eigenvalue weighted by Gasteiger charge is -2.15. The molecule has 1 aromatic carbocycles. The number of phenolic OH excluding ortho intramolecular Hbond substituents is 1. The number of hydrogen-bond acceptors (Lipinski definition) is 3. The maximum Gasteiger partial charge on any atom is 0.244 e. The summed E-state index contributed by atoms with van der Waals surface area (Å²) in [6, 6.07) is 5.08. The van der Waals surface area contributed by atoms with E-state index in [0.717, 1.165) is 12.0 Å². The lowest BCUT2D eigenvalue weighted by atomic mass is 9.90. The summed E-state index contributed by atoms with van der Waals surface area (Å²) in [5.41, 5.74) is 3.69. The highest BCUT2D eigenvalue weighted by Crippen LogP contribution is 2.66. The van der Waals surface area contributed by atoms with E-state index in [1.54, 1.807) is 24.4 Å². The first-order chi connectivity index (χ1) is 10.0. The number of benzene rings is 1. The Balaban J connectivity index is 1.59. The Morgan fingerprint density at radius 2 is 2.33 bits per heavy atom. The predicted molar refractivity (Wildman–Crippen MR) is 85.1 cm³/mol. The van der Waals surface area contributed by atoms with Crippen LogP contribution in [0.5, 0.6) is 5.75 Å². The molecule has 2 fully saturated rings. The number of nitrogens with zero attached hydrogens (tertiary/aromatic N) is 1. The van der Waals surface area contributed by atoms with E-state index in [2.05, 4.69) is 33.4 Å². The molecule has 0 bridgehead atoms. The molecule has 2 aliphatic carbocycles. The molecule has 2 aliphatic rings. The minimum atomic E-state index is 0.0403. The van der Waals surface area contributed by atoms with Gasteiger partial charge in [0.1, 0.15) is 5.75 Å². The van der Waals surface area contributed by atoms with Gasteiger partial charge in [0.15, 0.2) is 0 Å². The largest absolute Gasteiger partial charge is 0.507 e. The van der Waals surface area contributed by atoms with Crippen LogP contribution in [-0.4, -0.2) is 17.2 Å². The molecule has 1 aromatic rings. The molecule has 4 nitrogen and oxygen atoms in total. The molecule has 0 saturated heterocycles. The molecule has 2 N–H and O–H groups in total. The van der Waals surface area contributed by atoms with E-state index in [0.29, 0.717) is 10.4 Å². The van der Waals surface area contributed by atoms with Gasteiger partial charge in [0.05, 0.1) is 10.7 Å². The van der Waals surface area contributed by atoms with Gasteiger partial charge in [-0.15, -0.1) is 0 Å². The molecule has 3 atom stereocenters. The number of amides is 1. The van der Waals surface area contributed by atoms with Gasteiger partial charge in [0.25, 0.3) is 0 Å². The summed E-state index contributed by atoms with van der Waals surface area (Å²) in [6.07, 6.45) is 6.40. The molecule has 112 valence electrons. The van der Waals surface area contributed by atoms with E-state index in [9.17, 15) is 9.90 Å². The van der Waals surface area contributed by atoms with Crippen LogP contribution < -0.4 is 5.43 Å². The molecule has 0 radical (unpaired) electrons. The number of nitrogens with one attached hydrogen (secondary N) is 1. The van der Waals surface area contributed by atoms with Crippen LogP contribution in [0.25, 0.3) is 0 Å². The van der Waals surface area contributed by atoms with Crippen LogP contribution in [0.4, 0.5) is 0 Å². The minimum Gasteiger partial charge on any atom is -0.507 e. The third-order valence-electron chi connectivity index (χ3n) is 4.97. The van der Waals surface area contributed by atoms with E-state index in [4.69, 9.17) is 0 Å². The third kappa shape index (κ3) is 2.71. The summed E-state index contributed by atoms with van der Waals surface area (Å²) in [6.45, 7) is 2.22. The number of hydrazone groups is 1. The van der Waals surface area contributed by atoms with Gasteiger partial charge >= 0.3 is 0 Å². The van der Waals surface area contributed by atoms with Gasteiger partial charge in [0, 0.05) is 5.92 Å². The van der Waals surface area contributed by atoms with E-state index < -0.39 is 0 Å². The van der Waals surface area contributed by atoms with Crippen LogP contribution in [0.1, 0.15) is 38.2 Å². The van der Waals surface area contributed by atoms with Crippen molar-refractivity contribution in [3.63, 3.8) is 0 Å². The number of hydrogen-bond donors (Lipinski definition) is 2. The fourth-order valence-electron chi connectivity index (χ4n) is 3.69. The van der Waals surface area contributed by atoms with Crippen molar-refractivity contribution < 1.29 is 9.90 Å². The van der Waals surface area contributed by atoms with Crippen LogP contribution in [0.3, 0.4) is 0 Å². The molecular weight excluding hydrogens is 332 g/mol. The summed E-state index contributed by atoms with van der Waals surface area (Å²) in [5.74, 6) is 0.901. The lowest BCUT2D eigenvalue weighted by Crippen LogP contribution is -2.22. The molecule has 1 amide bonds. The molecule has 0 unspecified atom stereocenters. The van der Waals surface area contributed by atoms with Crippen LogP contribution in [0.2, 0.25) is 0 Å². The van der Waals surface area contributed by atoms with Crippen molar-refractivity contribution in [1.82, 2.24) is 5.43 Å². The number of carbonyl (C=O) groups excluding carboxylic acids is 1. The van der Waals surface area contributed by atoms with Crippen LogP contribution in [0.15, 0.2) is 27.8 Å². The SMILES string of the molecule is C[C@@]12CCCC[C@H]1[C@@H]2C(=O)N/N=C\c1ccc(O)c(Br)c1. The van der Waals surface area contributed by atoms with Crippen molar-refractivity contribution >= 4 is 28.1 Å². The first-order valence-electron chi connectivity index (χ1n) is 7.34. The van der Waals surface area contributed by atoms with Gasteiger partial charge < -0.3 is 5.11 Å². The van der Waals surface area contributed by atoms with Gasteiger partial charge in [-0.2, -0.15) is 5.10 Å². The minimum absolute atomic E-state index is 0.0403. The van der Waals surface area contributed by atoms with Gasteiger partial charge in [-0.3, -0.25) is 4.79 Å². The van der Waals surface area contributed by atoms with E-state index in [-0.39, 0.29) is 23.0 Å². The van der Waals surface area contributed by atoms with Crippen LogP contribution >= 0.6 is 15.9 Å². The lowest BCUT2D eigenvalue weighted by molar-refractivity contribution is -0.123. The Bertz CT molecular complexity index is 602. The Labute approximate surface area is 132 Å². The Morgan fingerprint density at radius 1 is 1.52 bits per heavy atom. The highest BCUT2D eigenvalue weighted by atomic mass is 79.9. The Kier molecular flexibility index (Phi) is 3.78. The number of rotatable bonds is 3. The number of phenols is 1. The summed E-state index contributed by atoms with van der Waals surface area (Å²) < 4.78 is 0.610. The average molecular weight is 351 g/mol. The van der Waals surface area contributed by atoms with Crippen molar-refractivity contribution in [2.75, 3.05) is 0 Å². The zero-order valence-electron chi connectivity index (χ0n) is 12.0. The van der Waals surface area contributed by atoms with Gasteiger partial charge in [-0.05, 0) is 63.9 Å². The molecular formula is C16H19BrN2O2. The van der Waals surface area contributed by atoms with Crippen LogP contribution in [-0.2, 0) is 4.79 Å². The monoisotopic (exact) mass is 350 g/mol. The fraction of sp³-hybridized carbons (Fsp3) is 0.500. The second kappa shape index (κ2) is 5.44. The Morgan fingerprint density at radius 3 is 3.00 bits per heavy atom. The quantitative estimate of drug-likeness (QED) is 0.647. The summed E-state index contributed by atoms with van der Waals surface area (Å²) in [4.78, 5) is 12.2. The van der Waals surface area contributed by atoms with Crippen LogP contribution in [0, 0.1) is 17.3 Å². The zero-order valence-corrected chi connectivity index (χ0v) is 13.6. The molecule has 0 spiro atoms. The standard InChI is InChI=1S/C16H19BrN2O2/c1-16-7-3-2-4-11(16)14(16)15(21)19-18-9-10-5-6-13(20)12(17)8-10/h5-6,8-9,11,14,20H,2-4,7H2,1H3,(H,19,21)/b18-9-/t11-,14+,16+/m0/s1. The molecule has 21 heavy (non-hydrogen) atoms. The molecule has 0 aromatic heterocycles. The maximum absolute atomic E-state index is 12.2. The summed E-state index contributed by atoms with van der Waals surface area (Å²) in [5, 5.41) is 13.5. The molecule has 0 heterocycles. The first kappa shape index (κ1) is 14.6. The van der Waals surface area contributed by atoms with E-state index in [1.165, 1.54) is 19.3 Å². The number of fused-ring (bicyclic) bond motifs is 1. The predicted octanol–water partition coefficient (Wildman–Crippen LogP) is 3.43. The van der Waals surface area contributed by atoms with Crippen molar-refractivity contribution in [1.29, 1.82) is 0 Å².